The summed E-state index contributed by atoms with van der Waals surface area (Å²) in [7, 11) is 0. The van der Waals surface area contributed by atoms with Crippen LogP contribution in [-0.4, -0.2) is 65.0 Å². The molecule has 2 saturated heterocycles. The molecule has 3 heterocycles. The zero-order chi connectivity index (χ0) is 17.9. The Labute approximate surface area is 144 Å². The maximum atomic E-state index is 13.4. The van der Waals surface area contributed by atoms with E-state index in [1.54, 1.807) is 24.7 Å². The Bertz CT molecular complexity index is 642. The molecule has 9 heteroatoms. The van der Waals surface area contributed by atoms with Gasteiger partial charge in [0.15, 0.2) is 0 Å². The Hall–Kier alpha value is -2.34. The third-order valence-corrected chi connectivity index (χ3v) is 4.65. The van der Waals surface area contributed by atoms with E-state index in [-0.39, 0.29) is 12.6 Å². The van der Waals surface area contributed by atoms with Gasteiger partial charge in [0.1, 0.15) is 11.9 Å². The summed E-state index contributed by atoms with van der Waals surface area (Å²) in [6.45, 7) is 0.876. The van der Waals surface area contributed by atoms with Crippen LogP contribution in [0.1, 0.15) is 19.3 Å². The predicted octanol–water partition coefficient (Wildman–Crippen LogP) is 0.795. The fourth-order valence-electron chi connectivity index (χ4n) is 3.29. The van der Waals surface area contributed by atoms with E-state index in [1.165, 1.54) is 0 Å². The smallest absolute Gasteiger partial charge is 0.268 e. The topological polar surface area (TPSA) is 85.2 Å². The second-order valence-electron chi connectivity index (χ2n) is 6.43. The number of anilines is 1. The van der Waals surface area contributed by atoms with Gasteiger partial charge in [0.25, 0.3) is 5.92 Å². The SMILES string of the molecule is N#CC1CC(F)(F)CN1C(=O)CNC1CCN(c2cnccn2)CC1. The normalized spacial score (nSPS) is 23.5. The van der Waals surface area contributed by atoms with Crippen molar-refractivity contribution in [2.24, 2.45) is 0 Å². The summed E-state index contributed by atoms with van der Waals surface area (Å²) >= 11 is 0. The van der Waals surface area contributed by atoms with Crippen LogP contribution in [0.3, 0.4) is 0 Å². The molecule has 1 aromatic rings. The first kappa shape index (κ1) is 17.5. The first-order valence-electron chi connectivity index (χ1n) is 8.30. The molecule has 2 aliphatic heterocycles. The van der Waals surface area contributed by atoms with Crippen molar-refractivity contribution in [3.05, 3.63) is 18.6 Å². The summed E-state index contributed by atoms with van der Waals surface area (Å²) in [5.41, 5.74) is 0. The fourth-order valence-corrected chi connectivity index (χ4v) is 3.29. The van der Waals surface area contributed by atoms with Gasteiger partial charge in [0, 0.05) is 37.9 Å². The van der Waals surface area contributed by atoms with Gasteiger partial charge in [-0.2, -0.15) is 5.26 Å². The van der Waals surface area contributed by atoms with Gasteiger partial charge in [-0.3, -0.25) is 9.78 Å². The summed E-state index contributed by atoms with van der Waals surface area (Å²) in [5.74, 6) is -2.59. The highest BCUT2D eigenvalue weighted by molar-refractivity contribution is 5.79. The largest absolute Gasteiger partial charge is 0.355 e. The first-order valence-corrected chi connectivity index (χ1v) is 8.30. The van der Waals surface area contributed by atoms with Gasteiger partial charge in [0.05, 0.1) is 25.4 Å². The molecule has 0 aromatic carbocycles. The average Bonchev–Trinajstić information content (AvgIpc) is 2.96. The van der Waals surface area contributed by atoms with E-state index in [0.29, 0.717) is 0 Å². The molecule has 1 atom stereocenters. The van der Waals surface area contributed by atoms with Gasteiger partial charge in [-0.25, -0.2) is 13.8 Å². The van der Waals surface area contributed by atoms with E-state index in [2.05, 4.69) is 20.2 Å². The number of carbonyl (C=O) groups is 1. The van der Waals surface area contributed by atoms with Crippen molar-refractivity contribution in [3.63, 3.8) is 0 Å². The second kappa shape index (κ2) is 7.27. The number of nitrogens with one attached hydrogen (secondary N) is 1. The molecule has 1 N–H and O–H groups in total. The minimum Gasteiger partial charge on any atom is -0.355 e. The van der Waals surface area contributed by atoms with Crippen LogP contribution in [0.2, 0.25) is 0 Å². The molecule has 1 aromatic heterocycles. The molecule has 25 heavy (non-hydrogen) atoms. The quantitative estimate of drug-likeness (QED) is 0.864. The third kappa shape index (κ3) is 4.20. The fraction of sp³-hybridized carbons (Fsp3) is 0.625. The Kier molecular flexibility index (Phi) is 5.08. The first-order chi connectivity index (χ1) is 12.0. The Morgan fingerprint density at radius 1 is 1.40 bits per heavy atom. The number of nitrogens with zero attached hydrogens (tertiary/aromatic N) is 5. The van der Waals surface area contributed by atoms with Crippen molar-refractivity contribution in [1.82, 2.24) is 20.2 Å². The maximum absolute atomic E-state index is 13.4. The van der Waals surface area contributed by atoms with Crippen molar-refractivity contribution < 1.29 is 13.6 Å². The monoisotopic (exact) mass is 350 g/mol. The summed E-state index contributed by atoms with van der Waals surface area (Å²) in [6.07, 6.45) is 6.05. The maximum Gasteiger partial charge on any atom is 0.268 e. The lowest BCUT2D eigenvalue weighted by molar-refractivity contribution is -0.131. The number of hydrogen-bond donors (Lipinski definition) is 1. The number of halogens is 2. The molecule has 0 spiro atoms. The zero-order valence-electron chi connectivity index (χ0n) is 13.7. The average molecular weight is 350 g/mol. The molecule has 2 aliphatic rings. The number of hydrogen-bond acceptors (Lipinski definition) is 6. The van der Waals surface area contributed by atoms with Crippen molar-refractivity contribution >= 4 is 11.7 Å². The summed E-state index contributed by atoms with van der Waals surface area (Å²) < 4.78 is 26.8. The van der Waals surface area contributed by atoms with E-state index < -0.39 is 30.8 Å². The van der Waals surface area contributed by atoms with Crippen LogP contribution in [0.5, 0.6) is 0 Å². The number of nitriles is 1. The Morgan fingerprint density at radius 3 is 2.80 bits per heavy atom. The highest BCUT2D eigenvalue weighted by Crippen LogP contribution is 2.31. The molecular weight excluding hydrogens is 330 g/mol. The van der Waals surface area contributed by atoms with E-state index in [1.807, 2.05) is 0 Å². The number of aromatic nitrogens is 2. The predicted molar refractivity (Wildman–Crippen MR) is 85.9 cm³/mol. The highest BCUT2D eigenvalue weighted by atomic mass is 19.3. The molecule has 0 radical (unpaired) electrons. The number of piperidine rings is 1. The lowest BCUT2D eigenvalue weighted by Crippen LogP contribution is -2.47. The molecule has 0 bridgehead atoms. The van der Waals surface area contributed by atoms with Crippen LogP contribution in [0.25, 0.3) is 0 Å². The van der Waals surface area contributed by atoms with Crippen molar-refractivity contribution in [2.45, 2.75) is 37.3 Å². The molecule has 7 nitrogen and oxygen atoms in total. The van der Waals surface area contributed by atoms with Crippen LogP contribution < -0.4 is 10.2 Å². The van der Waals surface area contributed by atoms with Crippen LogP contribution in [-0.2, 0) is 4.79 Å². The molecule has 134 valence electrons. The van der Waals surface area contributed by atoms with Gasteiger partial charge < -0.3 is 15.1 Å². The minimum atomic E-state index is -2.97. The number of alkyl halides is 2. The molecule has 3 rings (SSSR count). The van der Waals surface area contributed by atoms with E-state index in [0.717, 1.165) is 36.6 Å². The Morgan fingerprint density at radius 2 is 2.16 bits per heavy atom. The van der Waals surface area contributed by atoms with Crippen molar-refractivity contribution in [2.75, 3.05) is 31.1 Å². The van der Waals surface area contributed by atoms with Gasteiger partial charge >= 0.3 is 0 Å². The van der Waals surface area contributed by atoms with Gasteiger partial charge in [-0.1, -0.05) is 0 Å². The number of carbonyl (C=O) groups excluding carboxylic acids is 1. The number of amides is 1. The lowest BCUT2D eigenvalue weighted by Gasteiger charge is -2.33. The van der Waals surface area contributed by atoms with Crippen LogP contribution in [0.4, 0.5) is 14.6 Å². The molecule has 0 saturated carbocycles. The van der Waals surface area contributed by atoms with E-state index in [9.17, 15) is 13.6 Å². The van der Waals surface area contributed by atoms with Crippen molar-refractivity contribution in [1.29, 1.82) is 5.26 Å². The highest BCUT2D eigenvalue weighted by Gasteiger charge is 2.47. The summed E-state index contributed by atoms with van der Waals surface area (Å²) in [6, 6.07) is 0.891. The van der Waals surface area contributed by atoms with E-state index >= 15 is 0 Å². The lowest BCUT2D eigenvalue weighted by atomic mass is 10.1. The minimum absolute atomic E-state index is 0.0237. The van der Waals surface area contributed by atoms with Crippen molar-refractivity contribution in [3.8, 4) is 6.07 Å². The van der Waals surface area contributed by atoms with Crippen LogP contribution >= 0.6 is 0 Å². The van der Waals surface area contributed by atoms with Crippen LogP contribution in [0, 0.1) is 11.3 Å². The van der Waals surface area contributed by atoms with Gasteiger partial charge in [-0.15, -0.1) is 0 Å². The Balaban J connectivity index is 1.46. The standard InChI is InChI=1S/C16H20F2N6O/c17-16(18)7-13(8-19)24(11-16)15(25)10-22-12-1-5-23(6-2-12)14-9-20-3-4-21-14/h3-4,9,12-13,22H,1-2,5-7,10-11H2. The number of rotatable bonds is 4. The van der Waals surface area contributed by atoms with Gasteiger partial charge in [0.2, 0.25) is 5.91 Å². The molecule has 1 amide bonds. The molecule has 1 unspecified atom stereocenters. The molecular formula is C16H20F2N6O. The second-order valence-corrected chi connectivity index (χ2v) is 6.43. The third-order valence-electron chi connectivity index (χ3n) is 4.65. The summed E-state index contributed by atoms with van der Waals surface area (Å²) in [4.78, 5) is 23.6. The molecule has 0 aliphatic carbocycles. The summed E-state index contributed by atoms with van der Waals surface area (Å²) in [5, 5.41) is 12.1. The van der Waals surface area contributed by atoms with E-state index in [4.69, 9.17) is 5.26 Å². The molecule has 2 fully saturated rings. The number of likely N-dealkylation sites (tertiary alicyclic amines) is 1. The zero-order valence-corrected chi connectivity index (χ0v) is 13.7. The van der Waals surface area contributed by atoms with Crippen LogP contribution in [0.15, 0.2) is 18.6 Å². The van der Waals surface area contributed by atoms with Gasteiger partial charge in [-0.05, 0) is 12.8 Å².